The number of hydrogen-bond acceptors (Lipinski definition) is 5. The van der Waals surface area contributed by atoms with Crippen LogP contribution >= 0.6 is 23.4 Å². The lowest BCUT2D eigenvalue weighted by Crippen LogP contribution is -2.14. The van der Waals surface area contributed by atoms with Gasteiger partial charge in [0.05, 0.1) is 24.1 Å². The molecule has 0 saturated carbocycles. The molecule has 0 radical (unpaired) electrons. The zero-order valence-corrected chi connectivity index (χ0v) is 19.9. The first kappa shape index (κ1) is 23.4. The smallest absolute Gasteiger partial charge is 0.234 e. The number of thioether (sulfide) groups is 1. The van der Waals surface area contributed by atoms with E-state index in [1.54, 1.807) is 31.4 Å². The number of hydrogen-bond donors (Lipinski definition) is 1. The fraction of sp³-hybridized carbons (Fsp3) is 0.0741. The molecule has 0 atom stereocenters. The topological polar surface area (TPSA) is 75.0 Å². The number of rotatable bonds is 7. The summed E-state index contributed by atoms with van der Waals surface area (Å²) in [7, 11) is 1.61. The van der Waals surface area contributed by atoms with Crippen molar-refractivity contribution < 1.29 is 9.53 Å². The van der Waals surface area contributed by atoms with Crippen molar-refractivity contribution in [1.82, 2.24) is 4.98 Å². The molecule has 0 aliphatic carbocycles. The van der Waals surface area contributed by atoms with Gasteiger partial charge in [-0.1, -0.05) is 71.9 Å². The number of nitrogens with one attached hydrogen (secondary N) is 1. The number of nitriles is 1. The highest BCUT2D eigenvalue weighted by Crippen LogP contribution is 2.35. The second-order valence-electron chi connectivity index (χ2n) is 7.29. The molecule has 5 nitrogen and oxygen atoms in total. The second kappa shape index (κ2) is 10.9. The quantitative estimate of drug-likeness (QED) is 0.295. The van der Waals surface area contributed by atoms with Crippen molar-refractivity contribution in [2.24, 2.45) is 0 Å². The van der Waals surface area contributed by atoms with Crippen LogP contribution < -0.4 is 10.1 Å². The Morgan fingerprint density at radius 1 is 1.03 bits per heavy atom. The average Bonchev–Trinajstić information content (AvgIpc) is 2.87. The summed E-state index contributed by atoms with van der Waals surface area (Å²) in [4.78, 5) is 17.3. The Kier molecular flexibility index (Phi) is 7.48. The first-order valence-electron chi connectivity index (χ1n) is 10.4. The van der Waals surface area contributed by atoms with Gasteiger partial charge in [-0.15, -0.1) is 0 Å². The lowest BCUT2D eigenvalue weighted by molar-refractivity contribution is -0.113. The maximum Gasteiger partial charge on any atom is 0.234 e. The van der Waals surface area contributed by atoms with Crippen LogP contribution in [0, 0.1) is 11.3 Å². The highest BCUT2D eigenvalue weighted by molar-refractivity contribution is 8.00. The van der Waals surface area contributed by atoms with Gasteiger partial charge in [0.25, 0.3) is 0 Å². The van der Waals surface area contributed by atoms with Crippen LogP contribution in [-0.2, 0) is 4.79 Å². The summed E-state index contributed by atoms with van der Waals surface area (Å²) in [5, 5.41) is 13.9. The average molecular weight is 486 g/mol. The number of benzene rings is 3. The van der Waals surface area contributed by atoms with E-state index in [9.17, 15) is 10.1 Å². The fourth-order valence-electron chi connectivity index (χ4n) is 3.39. The minimum absolute atomic E-state index is 0.0918. The highest BCUT2D eigenvalue weighted by atomic mass is 35.5. The number of carbonyl (C=O) groups is 1. The molecule has 0 bridgehead atoms. The van der Waals surface area contributed by atoms with Crippen molar-refractivity contribution in [3.8, 4) is 34.2 Å². The molecular formula is C27H20ClN3O2S. The van der Waals surface area contributed by atoms with Crippen LogP contribution in [0.15, 0.2) is 90.0 Å². The Morgan fingerprint density at radius 3 is 2.47 bits per heavy atom. The number of ether oxygens (including phenoxy) is 1. The van der Waals surface area contributed by atoms with E-state index in [4.69, 9.17) is 21.3 Å². The maximum atomic E-state index is 12.6. The van der Waals surface area contributed by atoms with Crippen molar-refractivity contribution in [3.05, 3.63) is 95.5 Å². The van der Waals surface area contributed by atoms with E-state index in [-0.39, 0.29) is 11.7 Å². The normalized spacial score (nSPS) is 10.4. The molecule has 3 aromatic carbocycles. The molecule has 34 heavy (non-hydrogen) atoms. The molecule has 1 N–H and O–H groups in total. The molecule has 0 spiro atoms. The van der Waals surface area contributed by atoms with Crippen molar-refractivity contribution in [2.75, 3.05) is 18.2 Å². The van der Waals surface area contributed by atoms with E-state index in [2.05, 4.69) is 11.4 Å². The largest absolute Gasteiger partial charge is 0.497 e. The van der Waals surface area contributed by atoms with Crippen LogP contribution in [0.2, 0.25) is 5.02 Å². The van der Waals surface area contributed by atoms with Gasteiger partial charge in [-0.05, 0) is 42.0 Å². The Morgan fingerprint density at radius 2 is 1.79 bits per heavy atom. The number of aromatic nitrogens is 1. The van der Waals surface area contributed by atoms with E-state index in [0.717, 1.165) is 28.1 Å². The Labute approximate surface area is 207 Å². The second-order valence-corrected chi connectivity index (χ2v) is 8.69. The number of anilines is 1. The third-order valence-corrected chi connectivity index (χ3v) is 6.23. The third-order valence-electron chi connectivity index (χ3n) is 5.02. The van der Waals surface area contributed by atoms with Crippen LogP contribution in [0.25, 0.3) is 22.4 Å². The number of methoxy groups -OCH3 is 1. The number of carbonyl (C=O) groups excluding carboxylic acids is 1. The Balaban J connectivity index is 1.68. The predicted octanol–water partition coefficient (Wildman–Crippen LogP) is 6.68. The molecule has 168 valence electrons. The molecule has 0 fully saturated rings. The van der Waals surface area contributed by atoms with Crippen molar-refractivity contribution in [3.63, 3.8) is 0 Å². The zero-order chi connectivity index (χ0) is 23.9. The minimum Gasteiger partial charge on any atom is -0.497 e. The van der Waals surface area contributed by atoms with Gasteiger partial charge in [0, 0.05) is 21.8 Å². The molecule has 4 rings (SSSR count). The summed E-state index contributed by atoms with van der Waals surface area (Å²) in [6.45, 7) is 0. The van der Waals surface area contributed by atoms with E-state index < -0.39 is 0 Å². The summed E-state index contributed by atoms with van der Waals surface area (Å²) in [6.07, 6.45) is 0. The van der Waals surface area contributed by atoms with Gasteiger partial charge in [-0.25, -0.2) is 4.98 Å². The summed E-state index contributed by atoms with van der Waals surface area (Å²) < 4.78 is 5.27. The van der Waals surface area contributed by atoms with E-state index in [1.165, 1.54) is 11.8 Å². The number of pyridine rings is 1. The molecular weight excluding hydrogens is 466 g/mol. The van der Waals surface area contributed by atoms with Crippen LogP contribution in [0.4, 0.5) is 5.69 Å². The summed E-state index contributed by atoms with van der Waals surface area (Å²) >= 11 is 7.23. The SMILES string of the molecule is COc1ccc(-c2cc(-c3ccccc3)nc(SCC(=O)Nc3cccc(Cl)c3)c2C#N)cc1. The van der Waals surface area contributed by atoms with Gasteiger partial charge >= 0.3 is 0 Å². The van der Waals surface area contributed by atoms with Gasteiger partial charge in [-0.2, -0.15) is 5.26 Å². The van der Waals surface area contributed by atoms with Gasteiger partial charge in [0.15, 0.2) is 0 Å². The standard InChI is InChI=1S/C27H20ClN3O2S/c1-33-22-12-10-18(11-13-22)23-15-25(19-6-3-2-4-7-19)31-27(24(23)16-29)34-17-26(32)30-21-9-5-8-20(28)14-21/h2-15H,17H2,1H3,(H,30,32). The van der Waals surface area contributed by atoms with E-state index in [1.807, 2.05) is 60.7 Å². The lowest BCUT2D eigenvalue weighted by atomic mass is 9.99. The lowest BCUT2D eigenvalue weighted by Gasteiger charge is -2.13. The van der Waals surface area contributed by atoms with Gasteiger partial charge in [0.2, 0.25) is 5.91 Å². The summed E-state index contributed by atoms with van der Waals surface area (Å²) in [5.74, 6) is 0.607. The summed E-state index contributed by atoms with van der Waals surface area (Å²) in [5.41, 5.74) is 4.29. The maximum absolute atomic E-state index is 12.6. The van der Waals surface area contributed by atoms with Gasteiger partial charge in [0.1, 0.15) is 16.8 Å². The number of amides is 1. The molecule has 0 aliphatic rings. The molecule has 0 aliphatic heterocycles. The fourth-order valence-corrected chi connectivity index (χ4v) is 4.38. The number of halogens is 1. The molecule has 7 heteroatoms. The highest BCUT2D eigenvalue weighted by Gasteiger charge is 2.17. The van der Waals surface area contributed by atoms with Gasteiger partial charge in [-0.3, -0.25) is 4.79 Å². The van der Waals surface area contributed by atoms with Crippen LogP contribution in [0.1, 0.15) is 5.56 Å². The molecule has 4 aromatic rings. The Hall–Kier alpha value is -3.79. The molecule has 1 aromatic heterocycles. The molecule has 1 amide bonds. The van der Waals surface area contributed by atoms with Crippen LogP contribution in [0.5, 0.6) is 5.75 Å². The Bertz CT molecular complexity index is 1350. The molecule has 0 saturated heterocycles. The van der Waals surface area contributed by atoms with Crippen LogP contribution in [-0.4, -0.2) is 23.8 Å². The first-order chi connectivity index (χ1) is 16.6. The molecule has 1 heterocycles. The zero-order valence-electron chi connectivity index (χ0n) is 18.3. The van der Waals surface area contributed by atoms with E-state index in [0.29, 0.717) is 21.3 Å². The third kappa shape index (κ3) is 5.57. The number of nitrogens with zero attached hydrogens (tertiary/aromatic N) is 2. The van der Waals surface area contributed by atoms with Gasteiger partial charge < -0.3 is 10.1 Å². The monoisotopic (exact) mass is 485 g/mol. The first-order valence-corrected chi connectivity index (χ1v) is 11.8. The van der Waals surface area contributed by atoms with E-state index >= 15 is 0 Å². The van der Waals surface area contributed by atoms with Crippen molar-refractivity contribution in [2.45, 2.75) is 5.03 Å². The summed E-state index contributed by atoms with van der Waals surface area (Å²) in [6, 6.07) is 28.4. The predicted molar refractivity (Wildman–Crippen MR) is 137 cm³/mol. The molecule has 0 unspecified atom stereocenters. The van der Waals surface area contributed by atoms with Crippen molar-refractivity contribution >= 4 is 35.0 Å². The minimum atomic E-state index is -0.214. The van der Waals surface area contributed by atoms with Crippen LogP contribution in [0.3, 0.4) is 0 Å². The van der Waals surface area contributed by atoms with Crippen molar-refractivity contribution in [1.29, 1.82) is 5.26 Å².